The molecule has 0 amide bonds. The summed E-state index contributed by atoms with van der Waals surface area (Å²) in [7, 11) is 0. The topological polar surface area (TPSA) is 68.8 Å². The average molecular weight is 249 g/mol. The van der Waals surface area contributed by atoms with Gasteiger partial charge < -0.3 is 9.73 Å². The molecule has 0 aromatic carbocycles. The Bertz CT molecular complexity index is 483. The van der Waals surface area contributed by atoms with E-state index in [1.165, 1.54) is 0 Å². The van der Waals surface area contributed by atoms with Crippen LogP contribution in [0.1, 0.15) is 36.4 Å². The lowest BCUT2D eigenvalue weighted by Crippen LogP contribution is -2.13. The average Bonchev–Trinajstić information content (AvgIpc) is 2.88. The Labute approximate surface area is 106 Å². The van der Waals surface area contributed by atoms with Crippen molar-refractivity contribution in [3.05, 3.63) is 29.2 Å². The Morgan fingerprint density at radius 2 is 2.22 bits per heavy atom. The van der Waals surface area contributed by atoms with Crippen LogP contribution in [0.15, 0.2) is 10.6 Å². The van der Waals surface area contributed by atoms with Crippen molar-refractivity contribution in [1.29, 1.82) is 0 Å². The molecule has 0 saturated carbocycles. The highest BCUT2D eigenvalue weighted by molar-refractivity contribution is 5.05. The van der Waals surface area contributed by atoms with Crippen molar-refractivity contribution in [2.75, 3.05) is 6.54 Å². The van der Waals surface area contributed by atoms with Crippen molar-refractivity contribution >= 4 is 0 Å². The number of hydrogen-bond donors (Lipinski definition) is 1. The molecule has 0 bridgehead atoms. The molecular weight excluding hydrogens is 230 g/mol. The molecule has 98 valence electrons. The molecule has 0 saturated heterocycles. The van der Waals surface area contributed by atoms with Crippen LogP contribution in [-0.4, -0.2) is 26.5 Å². The lowest BCUT2D eigenvalue weighted by atomic mass is 10.4. The van der Waals surface area contributed by atoms with Crippen LogP contribution in [-0.2, 0) is 13.1 Å². The van der Waals surface area contributed by atoms with E-state index >= 15 is 0 Å². The molecule has 0 spiro atoms. The van der Waals surface area contributed by atoms with Crippen LogP contribution in [0.5, 0.6) is 0 Å². The Kier molecular flexibility index (Phi) is 4.09. The fourth-order valence-corrected chi connectivity index (χ4v) is 1.64. The summed E-state index contributed by atoms with van der Waals surface area (Å²) < 4.78 is 7.25. The van der Waals surface area contributed by atoms with E-state index in [9.17, 15) is 0 Å². The summed E-state index contributed by atoms with van der Waals surface area (Å²) in [6, 6.07) is 0. The Hall–Kier alpha value is -1.69. The van der Waals surface area contributed by atoms with Gasteiger partial charge in [0.25, 0.3) is 0 Å². The molecule has 2 heterocycles. The molecule has 0 atom stereocenters. The van der Waals surface area contributed by atoms with Gasteiger partial charge in [-0.25, -0.2) is 9.67 Å². The maximum Gasteiger partial charge on any atom is 0.216 e. The highest BCUT2D eigenvalue weighted by Gasteiger charge is 2.07. The van der Waals surface area contributed by atoms with E-state index < -0.39 is 0 Å². The van der Waals surface area contributed by atoms with Crippen LogP contribution in [0, 0.1) is 13.8 Å². The molecule has 0 aliphatic rings. The van der Waals surface area contributed by atoms with E-state index in [2.05, 4.69) is 27.5 Å². The largest absolute Gasteiger partial charge is 0.444 e. The maximum atomic E-state index is 5.51. The number of aryl methyl sites for hydroxylation is 2. The molecule has 0 unspecified atom stereocenters. The zero-order chi connectivity index (χ0) is 13.0. The molecule has 1 N–H and O–H groups in total. The van der Waals surface area contributed by atoms with E-state index in [4.69, 9.17) is 4.42 Å². The van der Waals surface area contributed by atoms with Gasteiger partial charge in [0.1, 0.15) is 12.3 Å². The van der Waals surface area contributed by atoms with Gasteiger partial charge in [-0.3, -0.25) is 0 Å². The molecule has 6 heteroatoms. The Balaban J connectivity index is 1.93. The summed E-state index contributed by atoms with van der Waals surface area (Å²) in [4.78, 5) is 4.32. The summed E-state index contributed by atoms with van der Waals surface area (Å²) in [6.07, 6.45) is 3.03. The van der Waals surface area contributed by atoms with Crippen LogP contribution in [0.3, 0.4) is 0 Å². The SMILES string of the molecule is CCCNCc1cn(Cc2nc(C)c(C)o2)nn1. The predicted molar refractivity (Wildman–Crippen MR) is 67.1 cm³/mol. The van der Waals surface area contributed by atoms with Crippen molar-refractivity contribution < 1.29 is 4.42 Å². The quantitative estimate of drug-likeness (QED) is 0.784. The van der Waals surface area contributed by atoms with Gasteiger partial charge in [-0.05, 0) is 26.8 Å². The molecule has 0 radical (unpaired) electrons. The molecule has 2 rings (SSSR count). The second-order valence-corrected chi connectivity index (χ2v) is 4.33. The Morgan fingerprint density at radius 3 is 2.89 bits per heavy atom. The lowest BCUT2D eigenvalue weighted by molar-refractivity contribution is 0.442. The lowest BCUT2D eigenvalue weighted by Gasteiger charge is -1.97. The second-order valence-electron chi connectivity index (χ2n) is 4.33. The first kappa shape index (κ1) is 12.8. The molecule has 2 aromatic heterocycles. The third kappa shape index (κ3) is 3.16. The van der Waals surface area contributed by atoms with Gasteiger partial charge in [-0.1, -0.05) is 12.1 Å². The number of rotatable bonds is 6. The fraction of sp³-hybridized carbons (Fsp3) is 0.583. The van der Waals surface area contributed by atoms with E-state index in [1.54, 1.807) is 4.68 Å². The smallest absolute Gasteiger partial charge is 0.216 e. The third-order valence-electron chi connectivity index (χ3n) is 2.69. The molecule has 18 heavy (non-hydrogen) atoms. The summed E-state index contributed by atoms with van der Waals surface area (Å²) in [5, 5.41) is 11.4. The van der Waals surface area contributed by atoms with Crippen molar-refractivity contribution in [2.24, 2.45) is 0 Å². The van der Waals surface area contributed by atoms with Gasteiger partial charge in [-0.2, -0.15) is 0 Å². The minimum Gasteiger partial charge on any atom is -0.444 e. The maximum absolute atomic E-state index is 5.51. The van der Waals surface area contributed by atoms with Crippen LogP contribution in [0.2, 0.25) is 0 Å². The fourth-order valence-electron chi connectivity index (χ4n) is 1.64. The first-order chi connectivity index (χ1) is 8.69. The summed E-state index contributed by atoms with van der Waals surface area (Å²) in [6.45, 7) is 8.24. The minimum absolute atomic E-state index is 0.523. The highest BCUT2D eigenvalue weighted by Crippen LogP contribution is 2.09. The molecule has 2 aromatic rings. The van der Waals surface area contributed by atoms with E-state index in [-0.39, 0.29) is 0 Å². The molecule has 6 nitrogen and oxygen atoms in total. The molecule has 0 aliphatic heterocycles. The molecular formula is C12H19N5O. The second kappa shape index (κ2) is 5.77. The van der Waals surface area contributed by atoms with Gasteiger partial charge >= 0.3 is 0 Å². The van der Waals surface area contributed by atoms with Crippen LogP contribution in [0.4, 0.5) is 0 Å². The first-order valence-corrected chi connectivity index (χ1v) is 6.21. The number of aromatic nitrogens is 4. The zero-order valence-corrected chi connectivity index (χ0v) is 11.1. The summed E-state index contributed by atoms with van der Waals surface area (Å²) >= 11 is 0. The van der Waals surface area contributed by atoms with Crippen molar-refractivity contribution in [2.45, 2.75) is 40.3 Å². The number of nitrogens with one attached hydrogen (secondary N) is 1. The monoisotopic (exact) mass is 249 g/mol. The van der Waals surface area contributed by atoms with Gasteiger partial charge in [0.2, 0.25) is 5.89 Å². The number of hydrogen-bond acceptors (Lipinski definition) is 5. The van der Waals surface area contributed by atoms with Gasteiger partial charge in [-0.15, -0.1) is 5.10 Å². The Morgan fingerprint density at radius 1 is 1.39 bits per heavy atom. The zero-order valence-electron chi connectivity index (χ0n) is 11.1. The van der Waals surface area contributed by atoms with Crippen molar-refractivity contribution in [1.82, 2.24) is 25.3 Å². The summed E-state index contributed by atoms with van der Waals surface area (Å²) in [5.74, 6) is 1.53. The molecule has 0 aliphatic carbocycles. The van der Waals surface area contributed by atoms with Crippen molar-refractivity contribution in [3.8, 4) is 0 Å². The van der Waals surface area contributed by atoms with Gasteiger partial charge in [0.15, 0.2) is 0 Å². The first-order valence-electron chi connectivity index (χ1n) is 6.21. The summed E-state index contributed by atoms with van der Waals surface area (Å²) in [5.41, 5.74) is 1.86. The van der Waals surface area contributed by atoms with Gasteiger partial charge in [0, 0.05) is 6.54 Å². The van der Waals surface area contributed by atoms with Crippen LogP contribution in [0.25, 0.3) is 0 Å². The van der Waals surface area contributed by atoms with Crippen LogP contribution >= 0.6 is 0 Å². The van der Waals surface area contributed by atoms with E-state index in [0.29, 0.717) is 12.4 Å². The molecule has 0 fully saturated rings. The van der Waals surface area contributed by atoms with Crippen LogP contribution < -0.4 is 5.32 Å². The third-order valence-corrected chi connectivity index (χ3v) is 2.69. The van der Waals surface area contributed by atoms with Crippen molar-refractivity contribution in [3.63, 3.8) is 0 Å². The van der Waals surface area contributed by atoms with E-state index in [0.717, 1.165) is 36.7 Å². The minimum atomic E-state index is 0.523. The normalized spacial score (nSPS) is 11.1. The number of oxazole rings is 1. The van der Waals surface area contributed by atoms with Gasteiger partial charge in [0.05, 0.1) is 17.6 Å². The number of nitrogens with zero attached hydrogens (tertiary/aromatic N) is 4. The highest BCUT2D eigenvalue weighted by atomic mass is 16.4. The predicted octanol–water partition coefficient (Wildman–Crippen LogP) is 1.43. The standard InChI is InChI=1S/C12H19N5O/c1-4-5-13-6-11-7-17(16-15-11)8-12-14-9(2)10(3)18-12/h7,13H,4-6,8H2,1-3H3. The van der Waals surface area contributed by atoms with E-state index in [1.807, 2.05) is 20.0 Å².